The molecular weight excluding hydrogens is 340 g/mol. The Bertz CT molecular complexity index is 994. The smallest absolute Gasteiger partial charge is 0.258 e. The van der Waals surface area contributed by atoms with Crippen molar-refractivity contribution in [2.45, 2.75) is 6.42 Å². The van der Waals surface area contributed by atoms with E-state index in [0.717, 1.165) is 11.6 Å². The van der Waals surface area contributed by atoms with Crippen LogP contribution in [0.4, 0.5) is 14.6 Å². The van der Waals surface area contributed by atoms with E-state index < -0.39 is 17.5 Å². The lowest BCUT2D eigenvalue weighted by Crippen LogP contribution is -2.19. The molecule has 0 aliphatic rings. The third-order valence-corrected chi connectivity index (χ3v) is 3.74. The van der Waals surface area contributed by atoms with Gasteiger partial charge in [0.25, 0.3) is 5.91 Å². The Morgan fingerprint density at radius 1 is 1.08 bits per heavy atom. The van der Waals surface area contributed by atoms with E-state index in [0.29, 0.717) is 23.4 Å². The van der Waals surface area contributed by atoms with E-state index >= 15 is 0 Å². The molecule has 7 heteroatoms. The highest BCUT2D eigenvalue weighted by Crippen LogP contribution is 2.14. The minimum Gasteiger partial charge on any atom is -0.318 e. The summed E-state index contributed by atoms with van der Waals surface area (Å²) in [6.45, 7) is 0. The molecule has 0 radical (unpaired) electrons. The molecule has 5 nitrogen and oxygen atoms in total. The fourth-order valence-corrected chi connectivity index (χ4v) is 2.47. The summed E-state index contributed by atoms with van der Waals surface area (Å²) in [7, 11) is 1.56. The molecule has 0 saturated heterocycles. The van der Waals surface area contributed by atoms with Crippen molar-refractivity contribution < 1.29 is 13.6 Å². The molecule has 0 saturated carbocycles. The lowest BCUT2D eigenvalue weighted by Gasteiger charge is -2.07. The van der Waals surface area contributed by atoms with Crippen molar-refractivity contribution in [1.29, 1.82) is 0 Å². The predicted molar refractivity (Wildman–Crippen MR) is 93.0 cm³/mol. The summed E-state index contributed by atoms with van der Waals surface area (Å²) in [5.41, 5.74) is 1.35. The summed E-state index contributed by atoms with van der Waals surface area (Å²) >= 11 is 0. The standard InChI is InChI=1S/C19H15F2N3O2/c1-24-11-14(3-5-18(24)25)19(26)23-17-4-2-12(10-22-17)6-13-7-15(20)9-16(21)8-13/h2-5,7-11H,6H2,1H3,(H,22,23,26). The number of anilines is 1. The monoisotopic (exact) mass is 355 g/mol. The van der Waals surface area contributed by atoms with Gasteiger partial charge in [-0.1, -0.05) is 6.07 Å². The molecular formula is C19H15F2N3O2. The highest BCUT2D eigenvalue weighted by molar-refractivity contribution is 6.03. The maximum absolute atomic E-state index is 13.2. The molecule has 3 aromatic rings. The highest BCUT2D eigenvalue weighted by atomic mass is 19.1. The van der Waals surface area contributed by atoms with Crippen LogP contribution in [0.25, 0.3) is 0 Å². The second-order valence-corrected chi connectivity index (χ2v) is 5.83. The number of nitrogens with one attached hydrogen (secondary N) is 1. The molecule has 3 rings (SSSR count). The third kappa shape index (κ3) is 4.18. The lowest BCUT2D eigenvalue weighted by molar-refractivity contribution is 0.102. The summed E-state index contributed by atoms with van der Waals surface area (Å²) < 4.78 is 27.8. The van der Waals surface area contributed by atoms with Gasteiger partial charge >= 0.3 is 0 Å². The molecule has 1 aromatic carbocycles. The maximum Gasteiger partial charge on any atom is 0.258 e. The van der Waals surface area contributed by atoms with Crippen LogP contribution >= 0.6 is 0 Å². The van der Waals surface area contributed by atoms with Gasteiger partial charge in [0.05, 0.1) is 5.56 Å². The van der Waals surface area contributed by atoms with Crippen molar-refractivity contribution in [3.05, 3.63) is 93.5 Å². The second-order valence-electron chi connectivity index (χ2n) is 5.83. The molecule has 0 fully saturated rings. The van der Waals surface area contributed by atoms with Crippen molar-refractivity contribution in [1.82, 2.24) is 9.55 Å². The largest absolute Gasteiger partial charge is 0.318 e. The highest BCUT2D eigenvalue weighted by Gasteiger charge is 2.08. The van der Waals surface area contributed by atoms with Crippen LogP contribution in [0.3, 0.4) is 0 Å². The van der Waals surface area contributed by atoms with E-state index in [1.807, 2.05) is 0 Å². The molecule has 0 bridgehead atoms. The molecule has 0 unspecified atom stereocenters. The van der Waals surface area contributed by atoms with Crippen LogP contribution < -0.4 is 10.9 Å². The number of aromatic nitrogens is 2. The molecule has 132 valence electrons. The van der Waals surface area contributed by atoms with Crippen LogP contribution in [0, 0.1) is 11.6 Å². The van der Waals surface area contributed by atoms with Crippen molar-refractivity contribution in [2.75, 3.05) is 5.32 Å². The summed E-state index contributed by atoms with van der Waals surface area (Å²) in [5.74, 6) is -1.32. The number of benzene rings is 1. The SMILES string of the molecule is Cn1cc(C(=O)Nc2ccc(Cc3cc(F)cc(F)c3)cn2)ccc1=O. The molecule has 26 heavy (non-hydrogen) atoms. The molecule has 0 aliphatic heterocycles. The zero-order valence-electron chi connectivity index (χ0n) is 13.9. The number of pyridine rings is 2. The molecule has 0 aliphatic carbocycles. The molecule has 0 spiro atoms. The number of carbonyl (C=O) groups excluding carboxylic acids is 1. The molecule has 1 N–H and O–H groups in total. The van der Waals surface area contributed by atoms with Gasteiger partial charge in [-0.25, -0.2) is 13.8 Å². The third-order valence-electron chi connectivity index (χ3n) is 3.74. The van der Waals surface area contributed by atoms with E-state index in [4.69, 9.17) is 0 Å². The Hall–Kier alpha value is -3.35. The zero-order valence-corrected chi connectivity index (χ0v) is 13.9. The number of halogens is 2. The lowest BCUT2D eigenvalue weighted by atomic mass is 10.1. The fourth-order valence-electron chi connectivity index (χ4n) is 2.47. The van der Waals surface area contributed by atoms with Crippen LogP contribution in [-0.4, -0.2) is 15.5 Å². The van der Waals surface area contributed by atoms with Gasteiger partial charge in [0.1, 0.15) is 17.5 Å². The first-order chi connectivity index (χ1) is 12.4. The molecule has 2 heterocycles. The quantitative estimate of drug-likeness (QED) is 0.783. The van der Waals surface area contributed by atoms with Gasteiger partial charge in [-0.15, -0.1) is 0 Å². The van der Waals surface area contributed by atoms with E-state index in [2.05, 4.69) is 10.3 Å². The van der Waals surface area contributed by atoms with Gasteiger partial charge in [0.2, 0.25) is 5.56 Å². The van der Waals surface area contributed by atoms with E-state index in [-0.39, 0.29) is 5.56 Å². The number of hydrogen-bond acceptors (Lipinski definition) is 3. The summed E-state index contributed by atoms with van der Waals surface area (Å²) in [5, 5.41) is 2.63. The van der Waals surface area contributed by atoms with Crippen LogP contribution in [0.5, 0.6) is 0 Å². The summed E-state index contributed by atoms with van der Waals surface area (Å²) in [6, 6.07) is 9.40. The van der Waals surface area contributed by atoms with Crippen molar-refractivity contribution in [3.63, 3.8) is 0 Å². The number of aryl methyl sites for hydroxylation is 1. The Morgan fingerprint density at radius 2 is 1.81 bits per heavy atom. The molecule has 0 atom stereocenters. The summed E-state index contributed by atoms with van der Waals surface area (Å²) in [6.07, 6.45) is 3.28. The number of hydrogen-bond donors (Lipinski definition) is 1. The van der Waals surface area contributed by atoms with Gasteiger partial charge in [0, 0.05) is 31.6 Å². The number of rotatable bonds is 4. The maximum atomic E-state index is 13.2. The minimum absolute atomic E-state index is 0.210. The second kappa shape index (κ2) is 7.26. The van der Waals surface area contributed by atoms with Crippen molar-refractivity contribution in [3.8, 4) is 0 Å². The van der Waals surface area contributed by atoms with Gasteiger partial charge in [-0.05, 0) is 41.8 Å². The van der Waals surface area contributed by atoms with Crippen LogP contribution in [0.2, 0.25) is 0 Å². The fraction of sp³-hybridized carbons (Fsp3) is 0.105. The van der Waals surface area contributed by atoms with E-state index in [1.54, 1.807) is 19.2 Å². The van der Waals surface area contributed by atoms with E-state index in [9.17, 15) is 18.4 Å². The van der Waals surface area contributed by atoms with Crippen LogP contribution in [-0.2, 0) is 13.5 Å². The predicted octanol–water partition coefficient (Wildman–Crippen LogP) is 2.90. The van der Waals surface area contributed by atoms with Gasteiger partial charge in [-0.2, -0.15) is 0 Å². The first-order valence-corrected chi connectivity index (χ1v) is 7.78. The summed E-state index contributed by atoms with van der Waals surface area (Å²) in [4.78, 5) is 27.7. The van der Waals surface area contributed by atoms with E-state index in [1.165, 1.54) is 41.2 Å². The molecule has 2 aromatic heterocycles. The van der Waals surface area contributed by atoms with Gasteiger partial charge in [-0.3, -0.25) is 9.59 Å². The number of nitrogens with zero attached hydrogens (tertiary/aromatic N) is 2. The normalized spacial score (nSPS) is 10.6. The Balaban J connectivity index is 1.70. The zero-order chi connectivity index (χ0) is 18.7. The topological polar surface area (TPSA) is 64.0 Å². The minimum atomic E-state index is -0.630. The Morgan fingerprint density at radius 3 is 2.42 bits per heavy atom. The average Bonchev–Trinajstić information content (AvgIpc) is 2.58. The Labute approximate surface area is 147 Å². The van der Waals surface area contributed by atoms with Crippen LogP contribution in [0.1, 0.15) is 21.5 Å². The first kappa shape index (κ1) is 17.5. The van der Waals surface area contributed by atoms with Crippen molar-refractivity contribution in [2.24, 2.45) is 7.05 Å². The molecule has 1 amide bonds. The number of amides is 1. The first-order valence-electron chi connectivity index (χ1n) is 7.78. The van der Waals surface area contributed by atoms with Crippen LogP contribution in [0.15, 0.2) is 59.7 Å². The number of carbonyl (C=O) groups is 1. The average molecular weight is 355 g/mol. The van der Waals surface area contributed by atoms with Gasteiger partial charge < -0.3 is 9.88 Å². The van der Waals surface area contributed by atoms with Crippen molar-refractivity contribution >= 4 is 11.7 Å². The van der Waals surface area contributed by atoms with Gasteiger partial charge in [0.15, 0.2) is 0 Å². The Kier molecular flexibility index (Phi) is 4.88.